The van der Waals surface area contributed by atoms with Crippen LogP contribution in [-0.2, 0) is 16.0 Å². The van der Waals surface area contributed by atoms with Crippen molar-refractivity contribution in [2.75, 3.05) is 18.0 Å². The number of nitrogens with one attached hydrogen (secondary N) is 1. The van der Waals surface area contributed by atoms with E-state index in [2.05, 4.69) is 5.32 Å². The van der Waals surface area contributed by atoms with Gasteiger partial charge in [-0.1, -0.05) is 29.8 Å². The number of rotatable bonds is 7. The lowest BCUT2D eigenvalue weighted by molar-refractivity contribution is -0.141. The van der Waals surface area contributed by atoms with Crippen LogP contribution in [0.25, 0.3) is 0 Å². The minimum absolute atomic E-state index is 0.0629. The molecule has 0 bridgehead atoms. The molecule has 2 amide bonds. The third kappa shape index (κ3) is 4.99. The Labute approximate surface area is 168 Å². The highest BCUT2D eigenvalue weighted by molar-refractivity contribution is 5.99. The highest BCUT2D eigenvalue weighted by Gasteiger charge is 2.24. The summed E-state index contributed by atoms with van der Waals surface area (Å²) in [6.07, 6.45) is 1.40. The second-order valence-corrected chi connectivity index (χ2v) is 7.25. The number of aliphatic carboxylic acids is 1. The minimum Gasteiger partial charge on any atom is -0.481 e. The first kappa shape index (κ1) is 20.5. The summed E-state index contributed by atoms with van der Waals surface area (Å²) in [5, 5.41) is 12.0. The first-order chi connectivity index (χ1) is 13.8. The Bertz CT molecular complexity index is 944. The fraction of sp³-hybridized carbons (Fsp3) is 0.318. The van der Waals surface area contributed by atoms with Crippen LogP contribution in [0.15, 0.2) is 42.5 Å². The van der Waals surface area contributed by atoms with Gasteiger partial charge in [-0.3, -0.25) is 14.4 Å². The van der Waals surface area contributed by atoms with E-state index in [-0.39, 0.29) is 24.4 Å². The van der Waals surface area contributed by atoms with Crippen molar-refractivity contribution in [2.24, 2.45) is 5.92 Å². The van der Waals surface area contributed by atoms with Crippen molar-refractivity contribution in [3.05, 3.63) is 65.0 Å². The Morgan fingerprint density at radius 2 is 2.03 bits per heavy atom. The number of carboxylic acid groups (broad SMARTS) is 1. The zero-order valence-electron chi connectivity index (χ0n) is 16.2. The van der Waals surface area contributed by atoms with Crippen LogP contribution >= 0.6 is 0 Å². The molecule has 1 aliphatic heterocycles. The number of aryl methyl sites for hydroxylation is 1. The summed E-state index contributed by atoms with van der Waals surface area (Å²) in [7, 11) is 0. The summed E-state index contributed by atoms with van der Waals surface area (Å²) in [4.78, 5) is 37.5. The maximum absolute atomic E-state index is 14.2. The third-order valence-electron chi connectivity index (χ3n) is 5.00. The second kappa shape index (κ2) is 8.86. The van der Waals surface area contributed by atoms with Crippen molar-refractivity contribution in [1.82, 2.24) is 5.32 Å². The molecule has 0 saturated carbocycles. The van der Waals surface area contributed by atoms with E-state index in [1.165, 1.54) is 17.0 Å². The largest absolute Gasteiger partial charge is 0.481 e. The summed E-state index contributed by atoms with van der Waals surface area (Å²) in [6, 6.07) is 11.5. The van der Waals surface area contributed by atoms with E-state index in [1.807, 2.05) is 31.2 Å². The van der Waals surface area contributed by atoms with Crippen LogP contribution < -0.4 is 10.2 Å². The molecule has 1 heterocycles. The average Bonchev–Trinajstić information content (AvgIpc) is 3.11. The lowest BCUT2D eigenvalue weighted by Gasteiger charge is -2.18. The van der Waals surface area contributed by atoms with E-state index in [1.54, 1.807) is 0 Å². The highest BCUT2D eigenvalue weighted by atomic mass is 19.1. The molecule has 1 unspecified atom stereocenters. The van der Waals surface area contributed by atoms with Gasteiger partial charge in [0.05, 0.1) is 11.5 Å². The molecule has 0 aromatic heterocycles. The number of hydrogen-bond acceptors (Lipinski definition) is 3. The number of carbonyl (C=O) groups excluding carboxylic acids is 2. The Hall–Kier alpha value is -3.22. The molecule has 152 valence electrons. The molecule has 29 heavy (non-hydrogen) atoms. The van der Waals surface area contributed by atoms with Gasteiger partial charge in [-0.2, -0.15) is 0 Å². The molecular formula is C22H23FN2O4. The van der Waals surface area contributed by atoms with Crippen LogP contribution in [-0.4, -0.2) is 36.0 Å². The van der Waals surface area contributed by atoms with Crippen molar-refractivity contribution >= 4 is 23.5 Å². The normalized spacial score (nSPS) is 14.7. The lowest BCUT2D eigenvalue weighted by atomic mass is 9.98. The van der Waals surface area contributed by atoms with E-state index >= 15 is 0 Å². The Morgan fingerprint density at radius 1 is 1.24 bits per heavy atom. The summed E-state index contributed by atoms with van der Waals surface area (Å²) in [5.74, 6) is -3.36. The van der Waals surface area contributed by atoms with Gasteiger partial charge in [0, 0.05) is 25.2 Å². The van der Waals surface area contributed by atoms with Crippen molar-refractivity contribution in [1.29, 1.82) is 0 Å². The smallest absolute Gasteiger partial charge is 0.308 e. The highest BCUT2D eigenvalue weighted by Crippen LogP contribution is 2.24. The zero-order valence-corrected chi connectivity index (χ0v) is 16.2. The number of halogens is 1. The molecule has 7 heteroatoms. The molecule has 1 atom stereocenters. The first-order valence-corrected chi connectivity index (χ1v) is 9.51. The summed E-state index contributed by atoms with van der Waals surface area (Å²) in [6.45, 7) is 2.32. The SMILES string of the molecule is Cc1cccc(CC(CNC(=O)c2cc(N3CCCC3=O)ccc2F)C(=O)O)c1. The molecule has 1 aliphatic rings. The zero-order chi connectivity index (χ0) is 21.0. The quantitative estimate of drug-likeness (QED) is 0.751. The van der Waals surface area contributed by atoms with Gasteiger partial charge in [-0.25, -0.2) is 4.39 Å². The Balaban J connectivity index is 1.70. The monoisotopic (exact) mass is 398 g/mol. The van der Waals surface area contributed by atoms with Crippen molar-refractivity contribution in [3.63, 3.8) is 0 Å². The molecule has 0 aliphatic carbocycles. The van der Waals surface area contributed by atoms with Gasteiger partial charge in [0.2, 0.25) is 5.91 Å². The van der Waals surface area contributed by atoms with Gasteiger partial charge in [0.1, 0.15) is 5.82 Å². The summed E-state index contributed by atoms with van der Waals surface area (Å²) < 4.78 is 14.2. The van der Waals surface area contributed by atoms with Crippen molar-refractivity contribution in [3.8, 4) is 0 Å². The topological polar surface area (TPSA) is 86.7 Å². The van der Waals surface area contributed by atoms with E-state index in [9.17, 15) is 23.9 Å². The number of benzene rings is 2. The molecule has 6 nitrogen and oxygen atoms in total. The molecule has 2 aromatic rings. The van der Waals surface area contributed by atoms with Crippen LogP contribution in [0.3, 0.4) is 0 Å². The number of carbonyl (C=O) groups is 3. The van der Waals surface area contributed by atoms with Crippen LogP contribution in [0, 0.1) is 18.7 Å². The third-order valence-corrected chi connectivity index (χ3v) is 5.00. The van der Waals surface area contributed by atoms with E-state index in [0.717, 1.165) is 23.6 Å². The molecule has 1 saturated heterocycles. The van der Waals surface area contributed by atoms with E-state index < -0.39 is 23.6 Å². The van der Waals surface area contributed by atoms with Gasteiger partial charge in [-0.15, -0.1) is 0 Å². The van der Waals surface area contributed by atoms with Crippen LogP contribution in [0.1, 0.15) is 34.3 Å². The van der Waals surface area contributed by atoms with Crippen LogP contribution in [0.2, 0.25) is 0 Å². The van der Waals surface area contributed by atoms with E-state index in [4.69, 9.17) is 0 Å². The maximum Gasteiger partial charge on any atom is 0.308 e. The van der Waals surface area contributed by atoms with E-state index in [0.29, 0.717) is 18.7 Å². The first-order valence-electron chi connectivity index (χ1n) is 9.51. The number of nitrogens with zero attached hydrogens (tertiary/aromatic N) is 1. The Morgan fingerprint density at radius 3 is 2.69 bits per heavy atom. The molecular weight excluding hydrogens is 375 g/mol. The molecule has 3 rings (SSSR count). The van der Waals surface area contributed by atoms with Crippen molar-refractivity contribution < 1.29 is 23.9 Å². The van der Waals surface area contributed by atoms with Gasteiger partial charge < -0.3 is 15.3 Å². The summed E-state index contributed by atoms with van der Waals surface area (Å²) in [5.41, 5.74) is 2.13. The predicted octanol–water partition coefficient (Wildman–Crippen LogP) is 2.93. The van der Waals surface area contributed by atoms with Crippen LogP contribution in [0.5, 0.6) is 0 Å². The molecule has 2 N–H and O–H groups in total. The number of carboxylic acids is 1. The van der Waals surface area contributed by atoms with Crippen molar-refractivity contribution in [2.45, 2.75) is 26.2 Å². The fourth-order valence-electron chi connectivity index (χ4n) is 3.46. The summed E-state index contributed by atoms with van der Waals surface area (Å²) >= 11 is 0. The van der Waals surface area contributed by atoms with Gasteiger partial charge >= 0.3 is 5.97 Å². The Kier molecular flexibility index (Phi) is 6.26. The molecule has 0 radical (unpaired) electrons. The standard InChI is InChI=1S/C22H23FN2O4/c1-14-4-2-5-15(10-14)11-16(22(28)29)13-24-21(27)18-12-17(7-8-19(18)23)25-9-3-6-20(25)26/h2,4-5,7-8,10,12,16H,3,6,9,11,13H2,1H3,(H,24,27)(H,28,29). The lowest BCUT2D eigenvalue weighted by Crippen LogP contribution is -2.34. The van der Waals surface area contributed by atoms with Crippen LogP contribution in [0.4, 0.5) is 10.1 Å². The number of anilines is 1. The van der Waals surface area contributed by atoms with Gasteiger partial charge in [0.25, 0.3) is 5.91 Å². The van der Waals surface area contributed by atoms with Gasteiger partial charge in [0.15, 0.2) is 0 Å². The average molecular weight is 398 g/mol. The van der Waals surface area contributed by atoms with Gasteiger partial charge in [-0.05, 0) is 43.5 Å². The minimum atomic E-state index is -1.04. The number of amides is 2. The molecule has 1 fully saturated rings. The fourth-order valence-corrected chi connectivity index (χ4v) is 3.46. The predicted molar refractivity (Wildman–Crippen MR) is 106 cm³/mol. The number of hydrogen-bond donors (Lipinski definition) is 2. The maximum atomic E-state index is 14.2. The molecule has 2 aromatic carbocycles. The molecule has 0 spiro atoms. The second-order valence-electron chi connectivity index (χ2n) is 7.25.